The number of ether oxygens (including phenoxy) is 1. The number of hydrogen-bond donors (Lipinski definition) is 0. The summed E-state index contributed by atoms with van der Waals surface area (Å²) in [5.74, 6) is -0.117. The van der Waals surface area contributed by atoms with E-state index in [2.05, 4.69) is 0 Å². The summed E-state index contributed by atoms with van der Waals surface area (Å²) in [4.78, 5) is 14.0. The molecule has 2 unspecified atom stereocenters. The van der Waals surface area contributed by atoms with Crippen molar-refractivity contribution in [2.24, 2.45) is 16.7 Å². The van der Waals surface area contributed by atoms with E-state index in [9.17, 15) is 25.8 Å². The second-order valence-electron chi connectivity index (χ2n) is 6.71. The van der Waals surface area contributed by atoms with Gasteiger partial charge in [-0.1, -0.05) is 26.0 Å². The summed E-state index contributed by atoms with van der Waals surface area (Å²) < 4.78 is 5.15. The van der Waals surface area contributed by atoms with E-state index in [1.165, 1.54) is 4.90 Å². The van der Waals surface area contributed by atoms with Crippen LogP contribution < -0.4 is 0 Å². The fraction of sp³-hybridized carbons (Fsp3) is 0.526. The van der Waals surface area contributed by atoms with Gasteiger partial charge in [0.15, 0.2) is 0 Å². The Hall–Kier alpha value is -3.29. The van der Waals surface area contributed by atoms with Gasteiger partial charge in [-0.3, -0.25) is 4.90 Å². The van der Waals surface area contributed by atoms with Crippen molar-refractivity contribution in [3.05, 3.63) is 23.3 Å². The highest BCUT2D eigenvalue weighted by Gasteiger charge is 2.74. The fourth-order valence-electron chi connectivity index (χ4n) is 3.94. The molecule has 1 amide bonds. The molecule has 0 aromatic rings. The van der Waals surface area contributed by atoms with Crippen LogP contribution in [-0.4, -0.2) is 29.7 Å². The standard InChI is InChI=1S/C19H19N5O2/c1-5-26-17(25)24-15-13(4)6-7-14(12(2)3)16(24)19(10-22,11-23)18(15,8-20)9-21/h6-7,12,15-16H,5H2,1-4H3. The average molecular weight is 349 g/mol. The van der Waals surface area contributed by atoms with E-state index < -0.39 is 29.0 Å². The highest BCUT2D eigenvalue weighted by molar-refractivity contribution is 5.74. The van der Waals surface area contributed by atoms with Crippen molar-refractivity contribution in [1.82, 2.24) is 4.90 Å². The van der Waals surface area contributed by atoms with Gasteiger partial charge in [-0.2, -0.15) is 21.0 Å². The molecule has 2 aliphatic heterocycles. The number of carbonyl (C=O) groups is 1. The predicted octanol–water partition coefficient (Wildman–Crippen LogP) is 2.81. The summed E-state index contributed by atoms with van der Waals surface area (Å²) in [5, 5.41) is 39.8. The number of amides is 1. The van der Waals surface area contributed by atoms with Gasteiger partial charge >= 0.3 is 6.09 Å². The van der Waals surface area contributed by atoms with Crippen molar-refractivity contribution in [2.75, 3.05) is 6.61 Å². The zero-order chi connectivity index (χ0) is 19.7. The lowest BCUT2D eigenvalue weighted by Gasteiger charge is -2.33. The molecular formula is C19H19N5O2. The first-order chi connectivity index (χ1) is 12.3. The number of fused-ring (bicyclic) bond motifs is 2. The third-order valence-electron chi connectivity index (χ3n) is 5.14. The lowest BCUT2D eigenvalue weighted by molar-refractivity contribution is 0.0922. The molecule has 7 nitrogen and oxygen atoms in total. The van der Waals surface area contributed by atoms with E-state index in [0.717, 1.165) is 0 Å². The number of nitriles is 4. The van der Waals surface area contributed by atoms with Gasteiger partial charge in [0.1, 0.15) is 0 Å². The summed E-state index contributed by atoms with van der Waals surface area (Å²) in [7, 11) is 0. The molecule has 2 bridgehead atoms. The quantitative estimate of drug-likeness (QED) is 0.754. The number of nitrogens with zero attached hydrogens (tertiary/aromatic N) is 5. The Balaban J connectivity index is 2.96. The van der Waals surface area contributed by atoms with E-state index >= 15 is 0 Å². The highest BCUT2D eigenvalue weighted by Crippen LogP contribution is 2.59. The first-order valence-corrected chi connectivity index (χ1v) is 8.30. The summed E-state index contributed by atoms with van der Waals surface area (Å²) in [5.41, 5.74) is -2.87. The van der Waals surface area contributed by atoms with E-state index in [4.69, 9.17) is 4.74 Å². The monoisotopic (exact) mass is 349 g/mol. The van der Waals surface area contributed by atoms with E-state index in [0.29, 0.717) is 11.1 Å². The zero-order valence-electron chi connectivity index (χ0n) is 15.1. The molecule has 0 aromatic carbocycles. The SMILES string of the molecule is CCOC(=O)N1C2C(C)=CC=C(C(C)C)C1C(C#N)(C#N)C2(C#N)C#N. The molecule has 1 saturated heterocycles. The Kier molecular flexibility index (Phi) is 4.80. The van der Waals surface area contributed by atoms with Crippen molar-refractivity contribution < 1.29 is 9.53 Å². The van der Waals surface area contributed by atoms with Gasteiger partial charge in [-0.15, -0.1) is 0 Å². The van der Waals surface area contributed by atoms with Gasteiger partial charge in [0.25, 0.3) is 0 Å². The summed E-state index contributed by atoms with van der Waals surface area (Å²) in [6.07, 6.45) is 2.78. The zero-order valence-corrected chi connectivity index (χ0v) is 15.1. The second-order valence-corrected chi connectivity index (χ2v) is 6.71. The van der Waals surface area contributed by atoms with Crippen LogP contribution in [0.4, 0.5) is 4.79 Å². The third kappa shape index (κ3) is 2.11. The largest absolute Gasteiger partial charge is 0.450 e. The maximum Gasteiger partial charge on any atom is 0.410 e. The van der Waals surface area contributed by atoms with Gasteiger partial charge in [-0.25, -0.2) is 4.79 Å². The number of carbonyl (C=O) groups excluding carboxylic acids is 1. The minimum atomic E-state index is -2.03. The smallest absolute Gasteiger partial charge is 0.410 e. The normalized spacial score (nSPS) is 24.9. The number of hydrogen-bond acceptors (Lipinski definition) is 6. The van der Waals surface area contributed by atoms with Gasteiger partial charge in [0, 0.05) is 0 Å². The highest BCUT2D eigenvalue weighted by atomic mass is 16.6. The maximum atomic E-state index is 12.8. The van der Waals surface area contributed by atoms with Gasteiger partial charge < -0.3 is 4.74 Å². The Morgan fingerprint density at radius 1 is 1.12 bits per heavy atom. The van der Waals surface area contributed by atoms with Crippen LogP contribution in [0, 0.1) is 62.1 Å². The van der Waals surface area contributed by atoms with E-state index in [1.54, 1.807) is 26.0 Å². The molecule has 1 fully saturated rings. The van der Waals surface area contributed by atoms with Crippen molar-refractivity contribution in [3.8, 4) is 24.3 Å². The van der Waals surface area contributed by atoms with E-state index in [1.807, 2.05) is 38.1 Å². The molecule has 0 spiro atoms. The molecule has 2 atom stereocenters. The van der Waals surface area contributed by atoms with Crippen LogP contribution in [0.2, 0.25) is 0 Å². The molecule has 132 valence electrons. The molecule has 2 heterocycles. The molecule has 0 aliphatic carbocycles. The first-order valence-electron chi connectivity index (χ1n) is 8.30. The van der Waals surface area contributed by atoms with Gasteiger partial charge in [-0.05, 0) is 30.9 Å². The van der Waals surface area contributed by atoms with Crippen LogP contribution in [0.25, 0.3) is 0 Å². The average Bonchev–Trinajstić information content (AvgIpc) is 2.77. The first kappa shape index (κ1) is 19.0. The Bertz CT molecular complexity index is 828. The van der Waals surface area contributed by atoms with Crippen LogP contribution >= 0.6 is 0 Å². The molecule has 26 heavy (non-hydrogen) atoms. The molecule has 0 aromatic heterocycles. The van der Waals surface area contributed by atoms with Crippen molar-refractivity contribution >= 4 is 6.09 Å². The molecule has 0 radical (unpaired) electrons. The Morgan fingerprint density at radius 2 is 1.62 bits per heavy atom. The summed E-state index contributed by atoms with van der Waals surface area (Å²) >= 11 is 0. The third-order valence-corrected chi connectivity index (χ3v) is 5.14. The van der Waals surface area contributed by atoms with Gasteiger partial charge in [0.2, 0.25) is 10.8 Å². The minimum Gasteiger partial charge on any atom is -0.450 e. The number of rotatable bonds is 2. The van der Waals surface area contributed by atoms with Gasteiger partial charge in [0.05, 0.1) is 43.0 Å². The summed E-state index contributed by atoms with van der Waals surface area (Å²) in [6.45, 7) is 7.16. The van der Waals surface area contributed by atoms with Crippen LogP contribution in [0.1, 0.15) is 27.7 Å². The maximum absolute atomic E-state index is 12.8. The van der Waals surface area contributed by atoms with Crippen molar-refractivity contribution in [2.45, 2.75) is 39.8 Å². The molecule has 2 aliphatic rings. The molecule has 0 N–H and O–H groups in total. The molecule has 2 rings (SSSR count). The van der Waals surface area contributed by atoms with Crippen LogP contribution in [0.15, 0.2) is 23.3 Å². The lowest BCUT2D eigenvalue weighted by Crippen LogP contribution is -2.46. The lowest BCUT2D eigenvalue weighted by atomic mass is 9.59. The topological polar surface area (TPSA) is 125 Å². The van der Waals surface area contributed by atoms with Crippen molar-refractivity contribution in [1.29, 1.82) is 21.0 Å². The van der Waals surface area contributed by atoms with E-state index in [-0.39, 0.29) is 12.5 Å². The molecule has 0 saturated carbocycles. The predicted molar refractivity (Wildman–Crippen MR) is 90.4 cm³/mol. The summed E-state index contributed by atoms with van der Waals surface area (Å²) in [6, 6.07) is 5.59. The number of allylic oxidation sites excluding steroid dienone is 2. The van der Waals surface area contributed by atoms with Crippen LogP contribution in [0.5, 0.6) is 0 Å². The molecular weight excluding hydrogens is 330 g/mol. The minimum absolute atomic E-state index is 0.0937. The molecule has 7 heteroatoms. The Labute approximate surface area is 153 Å². The van der Waals surface area contributed by atoms with Crippen LogP contribution in [0.3, 0.4) is 0 Å². The van der Waals surface area contributed by atoms with Crippen molar-refractivity contribution in [3.63, 3.8) is 0 Å². The Morgan fingerprint density at radius 3 is 2.04 bits per heavy atom. The van der Waals surface area contributed by atoms with Crippen LogP contribution in [-0.2, 0) is 4.74 Å². The second kappa shape index (κ2) is 6.55. The fourth-order valence-corrected chi connectivity index (χ4v) is 3.94.